The van der Waals surface area contributed by atoms with Gasteiger partial charge in [0.1, 0.15) is 23.4 Å². The number of phenols is 7. The lowest BCUT2D eigenvalue weighted by Gasteiger charge is -2.34. The molecule has 0 unspecified atom stereocenters. The minimum atomic E-state index is -1.06. The molecule has 3 aromatic carbocycles. The van der Waals surface area contributed by atoms with Crippen LogP contribution < -0.4 is 4.74 Å². The maximum atomic E-state index is 12.7. The highest BCUT2D eigenvalue weighted by Crippen LogP contribution is 2.44. The van der Waals surface area contributed by atoms with Gasteiger partial charge in [-0.15, -0.1) is 0 Å². The molecular formula is C22H18O10. The predicted molar refractivity (Wildman–Crippen MR) is 107 cm³/mol. The van der Waals surface area contributed by atoms with E-state index in [1.54, 1.807) is 0 Å². The third-order valence-corrected chi connectivity index (χ3v) is 5.06. The number of benzene rings is 3. The van der Waals surface area contributed by atoms with Crippen LogP contribution in [-0.2, 0) is 11.2 Å². The molecule has 1 aliphatic rings. The van der Waals surface area contributed by atoms with Gasteiger partial charge in [0.15, 0.2) is 34.9 Å². The molecule has 7 N–H and O–H groups in total. The molecule has 10 heteroatoms. The van der Waals surface area contributed by atoms with Crippen molar-refractivity contribution in [3.05, 3.63) is 59.2 Å². The average Bonchev–Trinajstić information content (AvgIpc) is 2.73. The van der Waals surface area contributed by atoms with Gasteiger partial charge in [0.05, 0.1) is 5.56 Å². The Labute approximate surface area is 180 Å². The standard InChI is InChI=1S/C22H18O10/c23-11-6-14(25)12-8-19(32-22(30)10-4-16(27)20(29)17(28)5-10)21(31-18(12)7-11)9-1-2-13(24)15(26)3-9/h1-7,19,21,23-29H,8H2/t19-,21-/m1/s1/i8+1,19+1,21+1. The zero-order valence-corrected chi connectivity index (χ0v) is 16.3. The molecule has 0 radical (unpaired) electrons. The molecule has 0 fully saturated rings. The molecule has 3 aromatic rings. The Hall–Kier alpha value is -4.47. The van der Waals surface area contributed by atoms with Crippen LogP contribution in [0.15, 0.2) is 42.5 Å². The average molecular weight is 445 g/mol. The maximum Gasteiger partial charge on any atom is 0.338 e. The Morgan fingerprint density at radius 1 is 0.812 bits per heavy atom. The first-order valence-electron chi connectivity index (χ1n) is 9.33. The fourth-order valence-electron chi connectivity index (χ4n) is 3.48. The number of esters is 1. The van der Waals surface area contributed by atoms with Crippen LogP contribution in [0.25, 0.3) is 0 Å². The lowest BCUT2D eigenvalue weighted by atomic mass is 10.2. The first-order valence-corrected chi connectivity index (χ1v) is 9.33. The second-order valence-electron chi connectivity index (χ2n) is 7.24. The minimum Gasteiger partial charge on any atom is -0.508 e. The van der Waals surface area contributed by atoms with E-state index in [2.05, 4.69) is 0 Å². The Morgan fingerprint density at radius 2 is 1.50 bits per heavy atom. The number of carbonyl (C=O) groups is 1. The molecule has 0 aliphatic carbocycles. The van der Waals surface area contributed by atoms with E-state index in [-0.39, 0.29) is 40.5 Å². The van der Waals surface area contributed by atoms with Gasteiger partial charge in [-0.2, -0.15) is 0 Å². The van der Waals surface area contributed by atoms with Gasteiger partial charge in [0, 0.05) is 29.7 Å². The van der Waals surface area contributed by atoms with Crippen LogP contribution in [0.1, 0.15) is 27.6 Å². The Balaban J connectivity index is 1.72. The van der Waals surface area contributed by atoms with Gasteiger partial charge in [-0.25, -0.2) is 4.79 Å². The number of hydrogen-bond donors (Lipinski definition) is 7. The molecule has 32 heavy (non-hydrogen) atoms. The predicted octanol–water partition coefficient (Wildman–Crippen LogP) is 2.53. The van der Waals surface area contributed by atoms with Crippen LogP contribution in [0.4, 0.5) is 0 Å². The van der Waals surface area contributed by atoms with Gasteiger partial charge in [-0.3, -0.25) is 0 Å². The van der Waals surface area contributed by atoms with Crippen molar-refractivity contribution >= 4 is 5.97 Å². The second kappa shape index (κ2) is 7.65. The van der Waals surface area contributed by atoms with E-state index in [1.165, 1.54) is 24.3 Å². The molecule has 0 spiro atoms. The van der Waals surface area contributed by atoms with Gasteiger partial charge >= 0.3 is 5.97 Å². The topological polar surface area (TPSA) is 177 Å². The molecule has 4 rings (SSSR count). The number of carbonyl (C=O) groups excluding carboxylic acids is 1. The molecule has 2 atom stereocenters. The molecule has 0 bridgehead atoms. The normalized spacial score (nSPS) is 17.2. The van der Waals surface area contributed by atoms with E-state index >= 15 is 0 Å². The van der Waals surface area contributed by atoms with Gasteiger partial charge in [-0.1, -0.05) is 6.07 Å². The number of ether oxygens (including phenoxy) is 2. The summed E-state index contributed by atoms with van der Waals surface area (Å²) in [5, 5.41) is 68.2. The highest BCUT2D eigenvalue weighted by Gasteiger charge is 2.37. The zero-order chi connectivity index (χ0) is 23.2. The Morgan fingerprint density at radius 3 is 2.16 bits per heavy atom. The fraction of sp³-hybridized carbons (Fsp3) is 0.136. The molecule has 0 saturated carbocycles. The molecule has 166 valence electrons. The zero-order valence-electron chi connectivity index (χ0n) is 16.3. The van der Waals surface area contributed by atoms with Crippen molar-refractivity contribution in [1.82, 2.24) is 0 Å². The maximum absolute atomic E-state index is 12.7. The van der Waals surface area contributed by atoms with Crippen molar-refractivity contribution in [3.63, 3.8) is 0 Å². The first kappa shape index (κ1) is 20.8. The van der Waals surface area contributed by atoms with Crippen LogP contribution in [0.3, 0.4) is 0 Å². The third-order valence-electron chi connectivity index (χ3n) is 5.06. The van der Waals surface area contributed by atoms with E-state index in [1.807, 2.05) is 0 Å². The highest BCUT2D eigenvalue weighted by atomic mass is 16.7. The molecule has 0 amide bonds. The SMILES string of the molecule is O=C(O[13C@@H]1[13CH2]c2c(O)cc(O)cc2O[13C@@H]1c1ccc(O)c(O)c1)c1cc(O)c(O)c(O)c1. The summed E-state index contributed by atoms with van der Waals surface area (Å²) in [5.41, 5.74) is 0.324. The van der Waals surface area contributed by atoms with Crippen LogP contribution >= 0.6 is 0 Å². The Bertz CT molecular complexity index is 1200. The molecular weight excluding hydrogens is 427 g/mol. The largest absolute Gasteiger partial charge is 0.508 e. The van der Waals surface area contributed by atoms with E-state index in [9.17, 15) is 40.5 Å². The molecule has 1 heterocycles. The summed E-state index contributed by atoms with van der Waals surface area (Å²) in [5.74, 6) is -4.43. The summed E-state index contributed by atoms with van der Waals surface area (Å²) >= 11 is 0. The molecule has 10 nitrogen and oxygen atoms in total. The van der Waals surface area contributed by atoms with Crippen LogP contribution in [0, 0.1) is 0 Å². The molecule has 1 aliphatic heterocycles. The lowest BCUT2D eigenvalue weighted by Crippen LogP contribution is -2.34. The van der Waals surface area contributed by atoms with Gasteiger partial charge in [-0.05, 0) is 24.3 Å². The van der Waals surface area contributed by atoms with Crippen molar-refractivity contribution in [3.8, 4) is 46.0 Å². The summed E-state index contributed by atoms with van der Waals surface area (Å²) < 4.78 is 11.4. The fourth-order valence-corrected chi connectivity index (χ4v) is 3.48. The first-order chi connectivity index (χ1) is 15.1. The lowest BCUT2D eigenvalue weighted by molar-refractivity contribution is -0.0189. The van der Waals surface area contributed by atoms with Gasteiger partial charge in [0.25, 0.3) is 0 Å². The third kappa shape index (κ3) is 3.69. The van der Waals surface area contributed by atoms with Crippen molar-refractivity contribution in [2.45, 2.75) is 18.6 Å². The number of phenolic OH excluding ortho intramolecular Hbond substituents is 7. The van der Waals surface area contributed by atoms with E-state index in [4.69, 9.17) is 9.47 Å². The number of rotatable bonds is 3. The van der Waals surface area contributed by atoms with Crippen molar-refractivity contribution < 1.29 is 50.0 Å². The highest BCUT2D eigenvalue weighted by molar-refractivity contribution is 5.91. The summed E-state index contributed by atoms with van der Waals surface area (Å²) in [6.45, 7) is 0. The van der Waals surface area contributed by atoms with Gasteiger partial charge < -0.3 is 45.2 Å². The van der Waals surface area contributed by atoms with Crippen LogP contribution in [0.2, 0.25) is 0 Å². The van der Waals surface area contributed by atoms with E-state index < -0.39 is 41.2 Å². The van der Waals surface area contributed by atoms with Gasteiger partial charge in [0.2, 0.25) is 0 Å². The van der Waals surface area contributed by atoms with Crippen LogP contribution in [-0.4, -0.2) is 47.8 Å². The minimum absolute atomic E-state index is 0.0461. The molecule has 0 aromatic heterocycles. The summed E-state index contributed by atoms with van der Waals surface area (Å²) in [4.78, 5) is 12.7. The van der Waals surface area contributed by atoms with Crippen molar-refractivity contribution in [2.24, 2.45) is 0 Å². The molecule has 0 saturated heterocycles. The Kier molecular flexibility index (Phi) is 4.97. The van der Waals surface area contributed by atoms with E-state index in [0.717, 1.165) is 18.2 Å². The van der Waals surface area contributed by atoms with E-state index in [0.29, 0.717) is 5.56 Å². The summed E-state index contributed by atoms with van der Waals surface area (Å²) in [7, 11) is 0. The summed E-state index contributed by atoms with van der Waals surface area (Å²) in [6, 6.07) is 8.07. The second-order valence-corrected chi connectivity index (χ2v) is 7.24. The van der Waals surface area contributed by atoms with Crippen LogP contribution in [0.5, 0.6) is 46.0 Å². The monoisotopic (exact) mass is 445 g/mol. The van der Waals surface area contributed by atoms with Crippen molar-refractivity contribution in [1.29, 1.82) is 0 Å². The summed E-state index contributed by atoms with van der Waals surface area (Å²) in [6.07, 6.45) is -2.12. The van der Waals surface area contributed by atoms with Crippen molar-refractivity contribution in [2.75, 3.05) is 0 Å². The smallest absolute Gasteiger partial charge is 0.338 e. The quantitative estimate of drug-likeness (QED) is 0.180. The number of fused-ring (bicyclic) bond motifs is 1. The number of aromatic hydroxyl groups is 7. The number of hydrogen-bond acceptors (Lipinski definition) is 10.